The molecule has 1 aromatic carbocycles. The Morgan fingerprint density at radius 3 is 2.56 bits per heavy atom. The zero-order chi connectivity index (χ0) is 12.1. The molecule has 1 aliphatic heterocycles. The second-order valence-corrected chi connectivity index (χ2v) is 5.26. The highest BCUT2D eigenvalue weighted by Crippen LogP contribution is 2.48. The molecule has 0 N–H and O–H groups in total. The molecule has 3 heteroatoms. The number of benzene rings is 1. The summed E-state index contributed by atoms with van der Waals surface area (Å²) in [7, 11) is 1.79. The SMILES string of the molecule is CC(C)C1(C)C(=O)N(C)c2c(Cl)cccc21. The summed E-state index contributed by atoms with van der Waals surface area (Å²) < 4.78 is 0. The number of carbonyl (C=O) groups excluding carboxylic acids is 1. The standard InChI is InChI=1S/C13H16ClNO/c1-8(2)13(3)9-6-5-7-10(14)11(9)15(4)12(13)16/h5-8H,1-4H3. The van der Waals surface area contributed by atoms with E-state index in [0.717, 1.165) is 11.3 Å². The third kappa shape index (κ3) is 1.23. The minimum absolute atomic E-state index is 0.130. The van der Waals surface area contributed by atoms with Gasteiger partial charge in [-0.05, 0) is 24.5 Å². The number of anilines is 1. The number of amides is 1. The lowest BCUT2D eigenvalue weighted by Crippen LogP contribution is -2.40. The summed E-state index contributed by atoms with van der Waals surface area (Å²) in [5.74, 6) is 0.382. The largest absolute Gasteiger partial charge is 0.313 e. The molecule has 1 aromatic rings. The predicted molar refractivity (Wildman–Crippen MR) is 67.1 cm³/mol. The molecular weight excluding hydrogens is 222 g/mol. The summed E-state index contributed by atoms with van der Waals surface area (Å²) in [5, 5.41) is 0.651. The van der Waals surface area contributed by atoms with E-state index in [0.29, 0.717) is 5.02 Å². The van der Waals surface area contributed by atoms with Gasteiger partial charge in [0.1, 0.15) is 0 Å². The second-order valence-electron chi connectivity index (χ2n) is 4.86. The first-order valence-electron chi connectivity index (χ1n) is 5.47. The smallest absolute Gasteiger partial charge is 0.237 e. The topological polar surface area (TPSA) is 20.3 Å². The van der Waals surface area contributed by atoms with Crippen molar-refractivity contribution in [3.05, 3.63) is 28.8 Å². The number of likely N-dealkylation sites (N-methyl/N-ethyl adjacent to an activating group) is 1. The highest BCUT2D eigenvalue weighted by molar-refractivity contribution is 6.35. The fourth-order valence-corrected chi connectivity index (χ4v) is 2.70. The summed E-state index contributed by atoms with van der Waals surface area (Å²) in [4.78, 5) is 14.0. The van der Waals surface area contributed by atoms with Crippen LogP contribution >= 0.6 is 11.6 Å². The Labute approximate surface area is 101 Å². The van der Waals surface area contributed by atoms with Crippen molar-refractivity contribution in [2.24, 2.45) is 5.92 Å². The Morgan fingerprint density at radius 1 is 1.38 bits per heavy atom. The molecule has 0 fully saturated rings. The van der Waals surface area contributed by atoms with Gasteiger partial charge in [-0.3, -0.25) is 4.79 Å². The van der Waals surface area contributed by atoms with Gasteiger partial charge in [0.25, 0.3) is 0 Å². The van der Waals surface area contributed by atoms with E-state index in [1.165, 1.54) is 0 Å². The van der Waals surface area contributed by atoms with Gasteiger partial charge in [0.05, 0.1) is 16.1 Å². The lowest BCUT2D eigenvalue weighted by molar-refractivity contribution is -0.123. The molecule has 0 saturated heterocycles. The number of para-hydroxylation sites is 1. The van der Waals surface area contributed by atoms with E-state index in [-0.39, 0.29) is 11.8 Å². The van der Waals surface area contributed by atoms with Gasteiger partial charge in [-0.2, -0.15) is 0 Å². The van der Waals surface area contributed by atoms with Crippen LogP contribution in [0.15, 0.2) is 18.2 Å². The van der Waals surface area contributed by atoms with Crippen LogP contribution in [-0.4, -0.2) is 13.0 Å². The molecule has 1 heterocycles. The molecule has 1 amide bonds. The van der Waals surface area contributed by atoms with Gasteiger partial charge in [-0.25, -0.2) is 0 Å². The summed E-state index contributed by atoms with van der Waals surface area (Å²) in [5.41, 5.74) is 1.46. The molecule has 0 aliphatic carbocycles. The van der Waals surface area contributed by atoms with Gasteiger partial charge in [0.2, 0.25) is 5.91 Å². The maximum atomic E-state index is 12.3. The molecule has 2 rings (SSSR count). The summed E-state index contributed by atoms with van der Waals surface area (Å²) in [6, 6.07) is 5.74. The van der Waals surface area contributed by atoms with Crippen molar-refractivity contribution in [3.63, 3.8) is 0 Å². The fraction of sp³-hybridized carbons (Fsp3) is 0.462. The van der Waals surface area contributed by atoms with Crippen LogP contribution in [0.2, 0.25) is 5.02 Å². The molecule has 0 radical (unpaired) electrons. The van der Waals surface area contributed by atoms with Crippen LogP contribution in [0.3, 0.4) is 0 Å². The van der Waals surface area contributed by atoms with Gasteiger partial charge >= 0.3 is 0 Å². The molecule has 1 atom stereocenters. The van der Waals surface area contributed by atoms with Crippen molar-refractivity contribution in [1.29, 1.82) is 0 Å². The zero-order valence-corrected chi connectivity index (χ0v) is 10.8. The third-order valence-electron chi connectivity index (χ3n) is 3.79. The molecular formula is C13H16ClNO. The number of carbonyl (C=O) groups is 1. The predicted octanol–water partition coefficient (Wildman–Crippen LogP) is 3.23. The summed E-state index contributed by atoms with van der Waals surface area (Å²) >= 11 is 6.17. The molecule has 86 valence electrons. The average molecular weight is 238 g/mol. The Kier molecular flexibility index (Phi) is 2.50. The molecule has 1 aliphatic rings. The monoisotopic (exact) mass is 237 g/mol. The van der Waals surface area contributed by atoms with Gasteiger partial charge in [-0.1, -0.05) is 37.6 Å². The van der Waals surface area contributed by atoms with Crippen LogP contribution in [0.25, 0.3) is 0 Å². The first-order valence-corrected chi connectivity index (χ1v) is 5.85. The number of hydrogen-bond donors (Lipinski definition) is 0. The van der Waals surface area contributed by atoms with Crippen molar-refractivity contribution < 1.29 is 4.79 Å². The van der Waals surface area contributed by atoms with Crippen LogP contribution in [-0.2, 0) is 10.2 Å². The third-order valence-corrected chi connectivity index (χ3v) is 4.09. The molecule has 16 heavy (non-hydrogen) atoms. The van der Waals surface area contributed by atoms with Crippen LogP contribution < -0.4 is 4.90 Å². The molecule has 0 spiro atoms. The molecule has 0 bridgehead atoms. The fourth-order valence-electron chi connectivity index (χ4n) is 2.40. The van der Waals surface area contributed by atoms with Crippen molar-refractivity contribution in [3.8, 4) is 0 Å². The van der Waals surface area contributed by atoms with Crippen LogP contribution in [0, 0.1) is 5.92 Å². The highest BCUT2D eigenvalue weighted by atomic mass is 35.5. The zero-order valence-electron chi connectivity index (χ0n) is 10.0. The van der Waals surface area contributed by atoms with E-state index >= 15 is 0 Å². The average Bonchev–Trinajstić information content (AvgIpc) is 2.43. The van der Waals surface area contributed by atoms with Gasteiger partial charge in [-0.15, -0.1) is 0 Å². The van der Waals surface area contributed by atoms with Gasteiger partial charge in [0, 0.05) is 7.05 Å². The molecule has 0 saturated carbocycles. The molecule has 2 nitrogen and oxygen atoms in total. The van der Waals surface area contributed by atoms with Crippen LogP contribution in [0.4, 0.5) is 5.69 Å². The van der Waals surface area contributed by atoms with Crippen LogP contribution in [0.5, 0.6) is 0 Å². The minimum atomic E-state index is -0.449. The Morgan fingerprint density at radius 2 is 2.00 bits per heavy atom. The summed E-state index contributed by atoms with van der Waals surface area (Å²) in [6.45, 7) is 6.14. The number of halogens is 1. The van der Waals surface area contributed by atoms with E-state index in [1.54, 1.807) is 11.9 Å². The number of fused-ring (bicyclic) bond motifs is 1. The normalized spacial score (nSPS) is 24.1. The van der Waals surface area contributed by atoms with Crippen molar-refractivity contribution >= 4 is 23.2 Å². The summed E-state index contributed by atoms with van der Waals surface area (Å²) in [6.07, 6.45) is 0. The van der Waals surface area contributed by atoms with Gasteiger partial charge in [0.15, 0.2) is 0 Å². The Balaban J connectivity index is 2.73. The number of hydrogen-bond acceptors (Lipinski definition) is 1. The Hall–Kier alpha value is -1.02. The first-order chi connectivity index (χ1) is 7.40. The van der Waals surface area contributed by atoms with Crippen LogP contribution in [0.1, 0.15) is 26.3 Å². The second kappa shape index (κ2) is 3.49. The number of nitrogens with zero attached hydrogens (tertiary/aromatic N) is 1. The lowest BCUT2D eigenvalue weighted by Gasteiger charge is -2.27. The maximum absolute atomic E-state index is 12.3. The quantitative estimate of drug-likeness (QED) is 0.735. The van der Waals surface area contributed by atoms with E-state index in [4.69, 9.17) is 11.6 Å². The van der Waals surface area contributed by atoms with E-state index in [9.17, 15) is 4.79 Å². The lowest BCUT2D eigenvalue weighted by atomic mass is 9.74. The van der Waals surface area contributed by atoms with Gasteiger partial charge < -0.3 is 4.90 Å². The van der Waals surface area contributed by atoms with Crippen molar-refractivity contribution in [1.82, 2.24) is 0 Å². The molecule has 1 unspecified atom stereocenters. The van der Waals surface area contributed by atoms with Crippen molar-refractivity contribution in [2.45, 2.75) is 26.2 Å². The maximum Gasteiger partial charge on any atom is 0.237 e. The number of rotatable bonds is 1. The highest BCUT2D eigenvalue weighted by Gasteiger charge is 2.48. The first kappa shape index (κ1) is 11.5. The van der Waals surface area contributed by atoms with E-state index < -0.39 is 5.41 Å². The minimum Gasteiger partial charge on any atom is -0.313 e. The molecule has 0 aromatic heterocycles. The van der Waals surface area contributed by atoms with Crippen molar-refractivity contribution in [2.75, 3.05) is 11.9 Å². The Bertz CT molecular complexity index is 455. The van der Waals surface area contributed by atoms with E-state index in [2.05, 4.69) is 13.8 Å². The van der Waals surface area contributed by atoms with E-state index in [1.807, 2.05) is 25.1 Å².